The van der Waals surface area contributed by atoms with Crippen LogP contribution in [0.5, 0.6) is 0 Å². The molecule has 0 radical (unpaired) electrons. The van der Waals surface area contributed by atoms with E-state index in [4.69, 9.17) is 52.1 Å². The molecule has 26 atom stereocenters. The average molecular weight is 1200 g/mol. The Labute approximate surface area is 498 Å². The summed E-state index contributed by atoms with van der Waals surface area (Å²) >= 11 is 0. The fourth-order valence-corrected chi connectivity index (χ4v) is 16.1. The van der Waals surface area contributed by atoms with E-state index in [2.05, 4.69) is 17.2 Å². The van der Waals surface area contributed by atoms with Gasteiger partial charge in [0, 0.05) is 19.4 Å². The molecule has 9 N–H and O–H groups in total. The molecule has 3 saturated carbocycles. The number of rotatable bonds is 15. The number of hydrogen-bond donors (Lipinski definition) is 9. The van der Waals surface area contributed by atoms with Gasteiger partial charge in [0.05, 0.1) is 32.5 Å². The second-order valence-corrected chi connectivity index (χ2v) is 25.9. The predicted octanol–water partition coefficient (Wildman–Crippen LogP) is -4.22. The number of methoxy groups -OCH3 is 1. The van der Waals surface area contributed by atoms with Gasteiger partial charge in [-0.15, -0.1) is 0 Å². The third kappa shape index (κ3) is 11.1. The summed E-state index contributed by atoms with van der Waals surface area (Å²) in [5.74, 6) is -1.36. The first-order valence-corrected chi connectivity index (χ1v) is 29.0. The first-order chi connectivity index (χ1) is 37.8. The van der Waals surface area contributed by atoms with Gasteiger partial charge in [0.2, 0.25) is 10.4 Å². The first-order valence-electron chi connectivity index (χ1n) is 27.7. The van der Waals surface area contributed by atoms with Crippen LogP contribution < -0.4 is 29.6 Å². The quantitative estimate of drug-likeness (QED) is 0.0187. The molecule has 460 valence electrons. The minimum Gasteiger partial charge on any atom is -0.726 e. The molecule has 0 aromatic rings. The number of allylic oxidation sites excluding steroid dienone is 5. The Hall–Kier alpha value is -1.69. The van der Waals surface area contributed by atoms with Crippen molar-refractivity contribution in [3.8, 4) is 0 Å². The van der Waals surface area contributed by atoms with E-state index < -0.39 is 198 Å². The average Bonchev–Trinajstić information content (AvgIpc) is 2.80. The van der Waals surface area contributed by atoms with Gasteiger partial charge in [-0.2, -0.15) is 0 Å². The maximum absolute atomic E-state index is 14.7. The Balaban J connectivity index is 0.00000880. The minimum absolute atomic E-state index is 0. The summed E-state index contributed by atoms with van der Waals surface area (Å²) in [5.41, 5.74) is -5.08. The molecule has 9 aliphatic rings. The smallest absolute Gasteiger partial charge is 0.726 e. The number of esters is 2. The second kappa shape index (κ2) is 24.4. The monoisotopic (exact) mass is 1200 g/mol. The van der Waals surface area contributed by atoms with E-state index in [1.165, 1.54) is 14.0 Å². The third-order valence-electron chi connectivity index (χ3n) is 19.7. The van der Waals surface area contributed by atoms with Crippen molar-refractivity contribution in [1.82, 2.24) is 0 Å². The number of hydrogen-bond acceptors (Lipinski definition) is 26. The van der Waals surface area contributed by atoms with Gasteiger partial charge >= 0.3 is 41.5 Å². The van der Waals surface area contributed by atoms with E-state index in [1.807, 2.05) is 40.7 Å². The molecule has 9 rings (SSSR count). The molecule has 26 nitrogen and oxygen atoms in total. The molecule has 5 aliphatic heterocycles. The molecule has 28 heteroatoms. The Kier molecular flexibility index (Phi) is 19.7. The Morgan fingerprint density at radius 3 is 2.05 bits per heavy atom. The standard InChI is InChI=1S/C54H82O26S.Na/c1-24(2)11-10-16-52(8)54(65)34(73-25(3)56)19-51(7)27-12-13-32-49(4,5)33(15-17-50(32,6)26(27)14-18-53(51,54)48(64)79-52)76-47-43(37(60)31(23-72-47)80-81(66,67)68)78-44-38(61)35(58)30(22-71-44)75-45-39(62)41(28(57)21-70-45)77-46-40(63)42(69-9)36(59)29(20-55)74-46;/h10-12,16,26,28-47,55,57-63,65H,13-15,17-23H2,1-9H3,(H,66,67,68);/q;+1/p-1/b16-10-;/t26-,28-,29?,30-,31-,32+,33+,34+,35?,36-,37?,38?,39?,40?,41?,42?,43?,44+,45+,46+,47+,50-,51+,52+,53-,54+;/m1./s1. The summed E-state index contributed by atoms with van der Waals surface area (Å²) in [6.07, 6.45) is -20.1. The van der Waals surface area contributed by atoms with E-state index in [9.17, 15) is 68.5 Å². The van der Waals surface area contributed by atoms with Crippen molar-refractivity contribution in [2.24, 2.45) is 33.5 Å². The predicted molar refractivity (Wildman–Crippen MR) is 271 cm³/mol. The second-order valence-electron chi connectivity index (χ2n) is 24.9. The summed E-state index contributed by atoms with van der Waals surface area (Å²) in [4.78, 5) is 27.4. The molecule has 0 bridgehead atoms. The molecule has 0 amide bonds. The van der Waals surface area contributed by atoms with Crippen LogP contribution in [0.3, 0.4) is 0 Å². The molecule has 0 aromatic heterocycles. The van der Waals surface area contributed by atoms with Gasteiger partial charge in [-0.1, -0.05) is 57.1 Å². The summed E-state index contributed by atoms with van der Waals surface area (Å²) < 4.78 is 105. The number of aliphatic hydroxyl groups excluding tert-OH is 8. The fourth-order valence-electron chi connectivity index (χ4n) is 15.6. The van der Waals surface area contributed by atoms with Crippen LogP contribution in [0.4, 0.5) is 0 Å². The Morgan fingerprint density at radius 2 is 1.40 bits per heavy atom. The van der Waals surface area contributed by atoms with Crippen LogP contribution in [0, 0.1) is 33.5 Å². The molecule has 9 unspecified atom stereocenters. The van der Waals surface area contributed by atoms with Gasteiger partial charge in [-0.3, -0.25) is 13.8 Å². The zero-order valence-electron chi connectivity index (χ0n) is 47.9. The van der Waals surface area contributed by atoms with Gasteiger partial charge in [-0.25, -0.2) is 8.42 Å². The van der Waals surface area contributed by atoms with Crippen LogP contribution in [0.1, 0.15) is 93.9 Å². The van der Waals surface area contributed by atoms with E-state index in [1.54, 1.807) is 19.1 Å². The number of fused-ring (bicyclic) bond motifs is 4. The number of cyclic esters (lactones) is 1. The number of carbonyl (C=O) groups is 2. The molecular formula is C54H81NaO26S. The first kappa shape index (κ1) is 66.3. The Morgan fingerprint density at radius 1 is 0.768 bits per heavy atom. The maximum Gasteiger partial charge on any atom is 1.00 e. The third-order valence-corrected chi connectivity index (χ3v) is 20.2. The molecule has 8 fully saturated rings. The zero-order valence-corrected chi connectivity index (χ0v) is 50.7. The number of aliphatic hydroxyl groups is 9. The van der Waals surface area contributed by atoms with E-state index in [0.717, 1.165) is 11.1 Å². The summed E-state index contributed by atoms with van der Waals surface area (Å²) in [6, 6.07) is 0. The van der Waals surface area contributed by atoms with Crippen molar-refractivity contribution >= 4 is 22.3 Å². The molecular weight excluding hydrogens is 1120 g/mol. The van der Waals surface area contributed by atoms with Crippen molar-refractivity contribution in [2.75, 3.05) is 33.5 Å². The molecule has 1 spiro atoms. The van der Waals surface area contributed by atoms with Gasteiger partial charge in [0.1, 0.15) is 90.9 Å². The normalized spacial score (nSPS) is 49.0. The van der Waals surface area contributed by atoms with Crippen molar-refractivity contribution in [3.05, 3.63) is 35.5 Å². The van der Waals surface area contributed by atoms with E-state index >= 15 is 0 Å². The molecule has 5 heterocycles. The number of ether oxygens (including phenoxy) is 11. The Bertz CT molecular complexity index is 2530. The van der Waals surface area contributed by atoms with Crippen molar-refractivity contribution in [2.45, 2.75) is 222 Å². The molecule has 0 aromatic carbocycles. The van der Waals surface area contributed by atoms with Crippen LogP contribution in [-0.4, -0.2) is 232 Å². The van der Waals surface area contributed by atoms with Crippen molar-refractivity contribution < 1.29 is 154 Å². The summed E-state index contributed by atoms with van der Waals surface area (Å²) in [6.45, 7) is 12.6. The maximum atomic E-state index is 14.7. The van der Waals surface area contributed by atoms with Gasteiger partial charge in [0.15, 0.2) is 36.4 Å². The molecule has 82 heavy (non-hydrogen) atoms. The van der Waals surface area contributed by atoms with Crippen molar-refractivity contribution in [1.29, 1.82) is 0 Å². The van der Waals surface area contributed by atoms with E-state index in [-0.39, 0.29) is 54.2 Å². The fraction of sp³-hybridized carbons (Fsp3) is 0.852. The summed E-state index contributed by atoms with van der Waals surface area (Å²) in [7, 11) is -4.22. The van der Waals surface area contributed by atoms with Gasteiger partial charge < -0.3 is 103 Å². The van der Waals surface area contributed by atoms with Crippen LogP contribution >= 0.6 is 0 Å². The topological polar surface area (TPSA) is 384 Å². The van der Waals surface area contributed by atoms with Gasteiger partial charge in [-0.05, 0) is 88.0 Å². The van der Waals surface area contributed by atoms with Crippen LogP contribution in [0.2, 0.25) is 0 Å². The van der Waals surface area contributed by atoms with E-state index in [0.29, 0.717) is 25.7 Å². The SMILES string of the molecule is COC1C(O)[C@H](OC2C(O)[C@H](O[C@@H]3CO[C@@H](OC4C(O)[C@H](OS(=O)(=O)[O-])CO[C@H]4O[C@H]4CC[C@]5(C)[C@@H]6CC[C@]78C(=O)O[C@@](C)(/C=C\C=C(C)C)[C@@]7(O)[C@@H](OC(C)=O)C[C@@]8(C)C6=CC[C@H]5C4(C)C)C(O)C3O)OC[C@H]2O)OC(CO)[C@H]1O.[Na+]. The van der Waals surface area contributed by atoms with Crippen LogP contribution in [-0.2, 0) is 76.3 Å². The molecule has 5 saturated heterocycles. The van der Waals surface area contributed by atoms with Crippen molar-refractivity contribution in [3.63, 3.8) is 0 Å². The summed E-state index contributed by atoms with van der Waals surface area (Å²) in [5, 5.41) is 101. The molecule has 4 aliphatic carbocycles. The zero-order chi connectivity index (χ0) is 59.3. The van der Waals surface area contributed by atoms with Crippen LogP contribution in [0.25, 0.3) is 0 Å². The van der Waals surface area contributed by atoms with Crippen LogP contribution in [0.15, 0.2) is 35.5 Å². The minimum atomic E-state index is -5.42. The number of carbonyl (C=O) groups excluding carboxylic acids is 2. The van der Waals surface area contributed by atoms with Gasteiger partial charge in [0.25, 0.3) is 0 Å². The largest absolute Gasteiger partial charge is 1.00 e.